The molecule has 0 atom stereocenters. The van der Waals surface area contributed by atoms with Crippen molar-refractivity contribution in [2.45, 2.75) is 33.1 Å². The number of nitrogens with zero attached hydrogens (tertiary/aromatic N) is 2. The van der Waals surface area contributed by atoms with Crippen LogP contribution in [0, 0.1) is 5.92 Å². The molecule has 1 rings (SSSR count). The van der Waals surface area contributed by atoms with Gasteiger partial charge < -0.3 is 4.52 Å². The monoisotopic (exact) mass is 202 g/mol. The van der Waals surface area contributed by atoms with Gasteiger partial charge in [0.1, 0.15) is 0 Å². The lowest BCUT2D eigenvalue weighted by atomic mass is 10.1. The van der Waals surface area contributed by atoms with Gasteiger partial charge in [0.2, 0.25) is 5.89 Å². The minimum absolute atomic E-state index is 0.568. The molecular formula is C9H15ClN2O. The number of alkyl halides is 1. The molecular weight excluding hydrogens is 188 g/mol. The largest absolute Gasteiger partial charge is 0.339 e. The van der Waals surface area contributed by atoms with Gasteiger partial charge in [-0.1, -0.05) is 19.0 Å². The zero-order valence-corrected chi connectivity index (χ0v) is 8.84. The summed E-state index contributed by atoms with van der Waals surface area (Å²) >= 11 is 5.55. The van der Waals surface area contributed by atoms with Crippen LogP contribution in [0.4, 0.5) is 0 Å². The van der Waals surface area contributed by atoms with E-state index in [-0.39, 0.29) is 0 Å². The Kier molecular flexibility index (Phi) is 4.22. The van der Waals surface area contributed by atoms with E-state index in [4.69, 9.17) is 16.1 Å². The first-order valence-corrected chi connectivity index (χ1v) is 5.13. The van der Waals surface area contributed by atoms with Gasteiger partial charge in [-0.2, -0.15) is 4.98 Å². The van der Waals surface area contributed by atoms with E-state index in [1.54, 1.807) is 0 Å². The molecule has 4 heteroatoms. The van der Waals surface area contributed by atoms with Crippen LogP contribution in [0.1, 0.15) is 32.0 Å². The zero-order chi connectivity index (χ0) is 9.68. The Hall–Kier alpha value is -0.570. The van der Waals surface area contributed by atoms with Crippen molar-refractivity contribution in [1.29, 1.82) is 0 Å². The number of rotatable bonds is 5. The maximum atomic E-state index is 5.55. The van der Waals surface area contributed by atoms with Gasteiger partial charge in [-0.05, 0) is 12.3 Å². The maximum Gasteiger partial charge on any atom is 0.226 e. The van der Waals surface area contributed by atoms with E-state index in [0.717, 1.165) is 25.1 Å². The Balaban J connectivity index is 2.44. The highest BCUT2D eigenvalue weighted by atomic mass is 35.5. The fraction of sp³-hybridized carbons (Fsp3) is 0.778. The highest BCUT2D eigenvalue weighted by molar-refractivity contribution is 6.17. The summed E-state index contributed by atoms with van der Waals surface area (Å²) < 4.78 is 5.05. The second-order valence-electron chi connectivity index (χ2n) is 3.49. The quantitative estimate of drug-likeness (QED) is 0.689. The van der Waals surface area contributed by atoms with Gasteiger partial charge in [0.05, 0.1) is 0 Å². The summed E-state index contributed by atoms with van der Waals surface area (Å²) in [6.07, 6.45) is 2.56. The molecule has 0 fully saturated rings. The lowest BCUT2D eigenvalue weighted by Gasteiger charge is -1.95. The summed E-state index contributed by atoms with van der Waals surface area (Å²) in [5, 5.41) is 3.88. The lowest BCUT2D eigenvalue weighted by molar-refractivity contribution is 0.370. The summed E-state index contributed by atoms with van der Waals surface area (Å²) in [5.41, 5.74) is 0. The first-order chi connectivity index (χ1) is 6.22. The van der Waals surface area contributed by atoms with Gasteiger partial charge in [-0.25, -0.2) is 0 Å². The van der Waals surface area contributed by atoms with Crippen molar-refractivity contribution >= 4 is 11.6 Å². The summed E-state index contributed by atoms with van der Waals surface area (Å²) in [7, 11) is 0. The van der Waals surface area contributed by atoms with Crippen molar-refractivity contribution in [2.75, 3.05) is 5.88 Å². The lowest BCUT2D eigenvalue weighted by Crippen LogP contribution is -1.96. The van der Waals surface area contributed by atoms with Crippen LogP contribution in [0.15, 0.2) is 4.52 Å². The SMILES string of the molecule is CC(C)Cc1noc(CCCCl)n1. The molecule has 0 aliphatic rings. The number of hydrogen-bond donors (Lipinski definition) is 0. The number of hydrogen-bond acceptors (Lipinski definition) is 3. The average molecular weight is 203 g/mol. The minimum Gasteiger partial charge on any atom is -0.339 e. The molecule has 74 valence electrons. The van der Waals surface area contributed by atoms with Crippen molar-refractivity contribution in [3.63, 3.8) is 0 Å². The summed E-state index contributed by atoms with van der Waals surface area (Å²) in [6.45, 7) is 4.27. The molecule has 0 spiro atoms. The van der Waals surface area contributed by atoms with Crippen molar-refractivity contribution in [1.82, 2.24) is 10.1 Å². The third-order valence-corrected chi connectivity index (χ3v) is 1.89. The number of aryl methyl sites for hydroxylation is 1. The molecule has 3 nitrogen and oxygen atoms in total. The second kappa shape index (κ2) is 5.22. The highest BCUT2D eigenvalue weighted by Gasteiger charge is 2.06. The van der Waals surface area contributed by atoms with Crippen LogP contribution in [-0.4, -0.2) is 16.0 Å². The van der Waals surface area contributed by atoms with Crippen LogP contribution in [0.5, 0.6) is 0 Å². The summed E-state index contributed by atoms with van der Waals surface area (Å²) in [5.74, 6) is 2.72. The normalized spacial score (nSPS) is 11.1. The Morgan fingerprint density at radius 3 is 2.85 bits per heavy atom. The molecule has 0 aliphatic carbocycles. The molecule has 0 saturated heterocycles. The number of aromatic nitrogens is 2. The molecule has 1 heterocycles. The molecule has 0 saturated carbocycles. The third kappa shape index (κ3) is 3.77. The van der Waals surface area contributed by atoms with Crippen LogP contribution in [0.25, 0.3) is 0 Å². The second-order valence-corrected chi connectivity index (χ2v) is 3.87. The van der Waals surface area contributed by atoms with E-state index in [1.165, 1.54) is 0 Å². The Bertz CT molecular complexity index is 248. The smallest absolute Gasteiger partial charge is 0.226 e. The average Bonchev–Trinajstić information content (AvgIpc) is 2.48. The predicted octanol–water partition coefficient (Wildman–Crippen LogP) is 2.44. The molecule has 0 amide bonds. The zero-order valence-electron chi connectivity index (χ0n) is 8.09. The highest BCUT2D eigenvalue weighted by Crippen LogP contribution is 2.06. The maximum absolute atomic E-state index is 5.55. The van der Waals surface area contributed by atoms with Crippen LogP contribution in [-0.2, 0) is 12.8 Å². The van der Waals surface area contributed by atoms with E-state index in [1.807, 2.05) is 0 Å². The van der Waals surface area contributed by atoms with E-state index in [0.29, 0.717) is 17.7 Å². The van der Waals surface area contributed by atoms with Crippen molar-refractivity contribution in [3.05, 3.63) is 11.7 Å². The van der Waals surface area contributed by atoms with Gasteiger partial charge in [0.15, 0.2) is 5.82 Å². The van der Waals surface area contributed by atoms with Crippen LogP contribution < -0.4 is 0 Å². The Morgan fingerprint density at radius 1 is 1.46 bits per heavy atom. The fourth-order valence-electron chi connectivity index (χ4n) is 1.06. The van der Waals surface area contributed by atoms with Crippen molar-refractivity contribution in [2.24, 2.45) is 5.92 Å². The van der Waals surface area contributed by atoms with E-state index < -0.39 is 0 Å². The predicted molar refractivity (Wildman–Crippen MR) is 51.9 cm³/mol. The Labute approximate surface area is 83.5 Å². The number of halogens is 1. The van der Waals surface area contributed by atoms with E-state index in [2.05, 4.69) is 24.0 Å². The molecule has 13 heavy (non-hydrogen) atoms. The molecule has 0 unspecified atom stereocenters. The third-order valence-electron chi connectivity index (χ3n) is 1.63. The van der Waals surface area contributed by atoms with Crippen LogP contribution >= 0.6 is 11.6 Å². The molecule has 1 aromatic heterocycles. The molecule has 0 aliphatic heterocycles. The van der Waals surface area contributed by atoms with Gasteiger partial charge >= 0.3 is 0 Å². The topological polar surface area (TPSA) is 38.9 Å². The molecule has 0 aromatic carbocycles. The van der Waals surface area contributed by atoms with Gasteiger partial charge in [-0.3, -0.25) is 0 Å². The van der Waals surface area contributed by atoms with Crippen molar-refractivity contribution < 1.29 is 4.52 Å². The molecule has 0 bridgehead atoms. The van der Waals surface area contributed by atoms with E-state index in [9.17, 15) is 0 Å². The van der Waals surface area contributed by atoms with Crippen molar-refractivity contribution in [3.8, 4) is 0 Å². The molecule has 0 radical (unpaired) electrons. The first-order valence-electron chi connectivity index (χ1n) is 4.59. The summed E-state index contributed by atoms with van der Waals surface area (Å²) in [4.78, 5) is 4.25. The standard InChI is InChI=1S/C9H15ClN2O/c1-7(2)6-8-11-9(13-12-8)4-3-5-10/h7H,3-6H2,1-2H3. The van der Waals surface area contributed by atoms with Gasteiger partial charge in [0, 0.05) is 18.7 Å². The molecule has 1 aromatic rings. The summed E-state index contributed by atoms with van der Waals surface area (Å²) in [6, 6.07) is 0. The van der Waals surface area contributed by atoms with Gasteiger partial charge in [-0.15, -0.1) is 11.6 Å². The van der Waals surface area contributed by atoms with Gasteiger partial charge in [0.25, 0.3) is 0 Å². The van der Waals surface area contributed by atoms with E-state index >= 15 is 0 Å². The fourth-order valence-corrected chi connectivity index (χ4v) is 1.19. The van der Waals surface area contributed by atoms with Crippen LogP contribution in [0.3, 0.4) is 0 Å². The Morgan fingerprint density at radius 2 is 2.23 bits per heavy atom. The van der Waals surface area contributed by atoms with Crippen LogP contribution in [0.2, 0.25) is 0 Å². The minimum atomic E-state index is 0.568. The molecule has 0 N–H and O–H groups in total. The first kappa shape index (κ1) is 10.5.